The minimum atomic E-state index is -0.696. The first-order valence-corrected chi connectivity index (χ1v) is 6.96. The van der Waals surface area contributed by atoms with E-state index in [0.717, 1.165) is 0 Å². The fourth-order valence-electron chi connectivity index (χ4n) is 1.77. The first kappa shape index (κ1) is 18.4. The van der Waals surface area contributed by atoms with E-state index in [2.05, 4.69) is 0 Å². The largest absolute Gasteiger partial charge is 0.466 e. The van der Waals surface area contributed by atoms with Gasteiger partial charge in [-0.05, 0) is 27.2 Å². The van der Waals surface area contributed by atoms with Crippen LogP contribution in [-0.2, 0) is 28.6 Å². The maximum absolute atomic E-state index is 11.9. The molecule has 6 nitrogen and oxygen atoms in total. The Morgan fingerprint density at radius 2 is 1.35 bits per heavy atom. The monoisotopic (exact) mass is 288 g/mol. The minimum Gasteiger partial charge on any atom is -0.466 e. The Bertz CT molecular complexity index is 326. The lowest BCUT2D eigenvalue weighted by Gasteiger charge is -2.20. The quantitative estimate of drug-likeness (QED) is 0.474. The fourth-order valence-corrected chi connectivity index (χ4v) is 1.77. The Labute approximate surface area is 119 Å². The second-order valence-electron chi connectivity index (χ2n) is 4.24. The van der Waals surface area contributed by atoms with Crippen LogP contribution in [-0.4, -0.2) is 37.7 Å². The molecule has 0 spiro atoms. The van der Waals surface area contributed by atoms with Crippen molar-refractivity contribution in [3.05, 3.63) is 0 Å². The average molecular weight is 288 g/mol. The lowest BCUT2D eigenvalue weighted by atomic mass is 9.89. The van der Waals surface area contributed by atoms with Crippen molar-refractivity contribution in [1.82, 2.24) is 0 Å². The van der Waals surface area contributed by atoms with E-state index in [-0.39, 0.29) is 32.7 Å². The molecule has 0 rings (SSSR count). The van der Waals surface area contributed by atoms with Gasteiger partial charge in [0.05, 0.1) is 31.7 Å². The summed E-state index contributed by atoms with van der Waals surface area (Å²) in [5.74, 6) is -2.69. The Morgan fingerprint density at radius 1 is 0.850 bits per heavy atom. The van der Waals surface area contributed by atoms with Gasteiger partial charge in [-0.1, -0.05) is 6.92 Å². The van der Waals surface area contributed by atoms with Crippen molar-refractivity contribution in [2.24, 2.45) is 11.8 Å². The molecule has 0 saturated carbocycles. The number of carbonyl (C=O) groups is 3. The average Bonchev–Trinajstić information content (AvgIpc) is 2.39. The number of rotatable bonds is 9. The van der Waals surface area contributed by atoms with Gasteiger partial charge in [0.1, 0.15) is 0 Å². The van der Waals surface area contributed by atoms with Crippen LogP contribution >= 0.6 is 0 Å². The van der Waals surface area contributed by atoms with E-state index in [0.29, 0.717) is 0 Å². The van der Waals surface area contributed by atoms with Gasteiger partial charge in [0.15, 0.2) is 0 Å². The van der Waals surface area contributed by atoms with Crippen LogP contribution in [0.2, 0.25) is 0 Å². The molecule has 0 aliphatic carbocycles. The van der Waals surface area contributed by atoms with Crippen molar-refractivity contribution in [2.45, 2.75) is 40.5 Å². The number of esters is 3. The highest BCUT2D eigenvalue weighted by Gasteiger charge is 2.32. The Hall–Kier alpha value is -1.59. The van der Waals surface area contributed by atoms with Crippen LogP contribution in [0.5, 0.6) is 0 Å². The van der Waals surface area contributed by atoms with Crippen molar-refractivity contribution >= 4 is 17.9 Å². The van der Waals surface area contributed by atoms with Gasteiger partial charge in [-0.2, -0.15) is 0 Å². The molecule has 0 saturated heterocycles. The zero-order chi connectivity index (χ0) is 15.5. The number of ether oxygens (including phenoxy) is 3. The van der Waals surface area contributed by atoms with Crippen molar-refractivity contribution in [3.63, 3.8) is 0 Å². The molecule has 0 N–H and O–H groups in total. The SMILES string of the molecule is CCOC(=O)CC[C@H](C(=O)OCC)[C@H](C)C(=O)OCC. The Morgan fingerprint density at radius 3 is 1.85 bits per heavy atom. The summed E-state index contributed by atoms with van der Waals surface area (Å²) >= 11 is 0. The van der Waals surface area contributed by atoms with Gasteiger partial charge >= 0.3 is 17.9 Å². The van der Waals surface area contributed by atoms with E-state index >= 15 is 0 Å². The second kappa shape index (κ2) is 10.2. The van der Waals surface area contributed by atoms with Crippen LogP contribution in [0.15, 0.2) is 0 Å². The molecule has 0 aromatic heterocycles. The molecular weight excluding hydrogens is 264 g/mol. The molecule has 0 aromatic carbocycles. The number of carbonyl (C=O) groups excluding carboxylic acids is 3. The summed E-state index contributed by atoms with van der Waals surface area (Å²) in [6.45, 7) is 7.46. The van der Waals surface area contributed by atoms with Crippen LogP contribution < -0.4 is 0 Å². The first-order chi connectivity index (χ1) is 9.47. The normalized spacial score (nSPS) is 13.2. The van der Waals surface area contributed by atoms with E-state index < -0.39 is 29.7 Å². The smallest absolute Gasteiger partial charge is 0.309 e. The summed E-state index contributed by atoms with van der Waals surface area (Å²) in [5, 5.41) is 0. The van der Waals surface area contributed by atoms with Gasteiger partial charge in [0.25, 0.3) is 0 Å². The van der Waals surface area contributed by atoms with E-state index in [4.69, 9.17) is 14.2 Å². The Balaban J connectivity index is 4.67. The lowest BCUT2D eigenvalue weighted by Crippen LogP contribution is -2.31. The summed E-state index contributed by atoms with van der Waals surface area (Å²) < 4.78 is 14.7. The number of hydrogen-bond donors (Lipinski definition) is 0. The maximum atomic E-state index is 11.9. The summed E-state index contributed by atoms with van der Waals surface area (Å²) in [6, 6.07) is 0. The lowest BCUT2D eigenvalue weighted by molar-refractivity contribution is -0.160. The molecule has 0 heterocycles. The van der Waals surface area contributed by atoms with Gasteiger partial charge in [-0.25, -0.2) is 0 Å². The van der Waals surface area contributed by atoms with Gasteiger partial charge in [-0.15, -0.1) is 0 Å². The van der Waals surface area contributed by atoms with Crippen molar-refractivity contribution in [1.29, 1.82) is 0 Å². The van der Waals surface area contributed by atoms with Crippen LogP contribution in [0, 0.1) is 11.8 Å². The molecular formula is C14H24O6. The highest BCUT2D eigenvalue weighted by atomic mass is 16.5. The van der Waals surface area contributed by atoms with E-state index in [1.807, 2.05) is 0 Å². The molecule has 2 atom stereocenters. The van der Waals surface area contributed by atoms with E-state index in [9.17, 15) is 14.4 Å². The molecule has 116 valence electrons. The van der Waals surface area contributed by atoms with Crippen molar-refractivity contribution in [3.8, 4) is 0 Å². The molecule has 0 aliphatic rings. The minimum absolute atomic E-state index is 0.0705. The standard InChI is InChI=1S/C14H24O6/c1-5-18-12(15)9-8-11(14(17)20-7-3)10(4)13(16)19-6-2/h10-11H,5-9H2,1-4H3/t10-,11-/m0/s1. The molecule has 0 amide bonds. The van der Waals surface area contributed by atoms with Crippen LogP contribution in [0.1, 0.15) is 40.5 Å². The van der Waals surface area contributed by atoms with Crippen LogP contribution in [0.4, 0.5) is 0 Å². The summed E-state index contributed by atoms with van der Waals surface area (Å²) in [6.07, 6.45) is 0.277. The summed E-state index contributed by atoms with van der Waals surface area (Å²) in [4.78, 5) is 35.0. The third-order valence-electron chi connectivity index (χ3n) is 2.82. The zero-order valence-corrected chi connectivity index (χ0v) is 12.6. The molecule has 0 unspecified atom stereocenters. The van der Waals surface area contributed by atoms with Crippen molar-refractivity contribution < 1.29 is 28.6 Å². The molecule has 6 heteroatoms. The third-order valence-corrected chi connectivity index (χ3v) is 2.82. The van der Waals surface area contributed by atoms with Crippen molar-refractivity contribution in [2.75, 3.05) is 19.8 Å². The van der Waals surface area contributed by atoms with Gasteiger partial charge in [-0.3, -0.25) is 14.4 Å². The maximum Gasteiger partial charge on any atom is 0.309 e. The van der Waals surface area contributed by atoms with Gasteiger partial charge < -0.3 is 14.2 Å². The van der Waals surface area contributed by atoms with Gasteiger partial charge in [0, 0.05) is 6.42 Å². The number of hydrogen-bond acceptors (Lipinski definition) is 6. The first-order valence-electron chi connectivity index (χ1n) is 6.96. The van der Waals surface area contributed by atoms with Crippen LogP contribution in [0.25, 0.3) is 0 Å². The summed E-state index contributed by atoms with van der Waals surface area (Å²) in [5.41, 5.74) is 0. The zero-order valence-electron chi connectivity index (χ0n) is 12.6. The highest BCUT2D eigenvalue weighted by molar-refractivity contribution is 5.82. The predicted molar refractivity (Wildman–Crippen MR) is 71.8 cm³/mol. The second-order valence-corrected chi connectivity index (χ2v) is 4.24. The molecule has 0 aromatic rings. The fraction of sp³-hybridized carbons (Fsp3) is 0.786. The predicted octanol–water partition coefficient (Wildman–Crippen LogP) is 1.71. The third kappa shape index (κ3) is 6.54. The molecule has 20 heavy (non-hydrogen) atoms. The summed E-state index contributed by atoms with van der Waals surface area (Å²) in [7, 11) is 0. The molecule has 0 radical (unpaired) electrons. The molecule has 0 bridgehead atoms. The molecule has 0 aliphatic heterocycles. The highest BCUT2D eigenvalue weighted by Crippen LogP contribution is 2.21. The van der Waals surface area contributed by atoms with E-state index in [1.165, 1.54) is 0 Å². The van der Waals surface area contributed by atoms with Crippen LogP contribution in [0.3, 0.4) is 0 Å². The Kier molecular flexibility index (Phi) is 9.41. The molecule has 0 fully saturated rings. The van der Waals surface area contributed by atoms with E-state index in [1.54, 1.807) is 27.7 Å². The van der Waals surface area contributed by atoms with Gasteiger partial charge in [0.2, 0.25) is 0 Å². The topological polar surface area (TPSA) is 78.9 Å².